The number of hydrogen-bond acceptors (Lipinski definition) is 5. The van der Waals surface area contributed by atoms with Crippen LogP contribution in [-0.2, 0) is 23.9 Å². The normalized spacial score (nSPS) is 12.2. The zero-order valence-electron chi connectivity index (χ0n) is 24.9. The molecule has 1 unspecified atom stereocenters. The second-order valence-electron chi connectivity index (χ2n) is 11.6. The second kappa shape index (κ2) is 23.5. The fourth-order valence-corrected chi connectivity index (χ4v) is 4.29. The summed E-state index contributed by atoms with van der Waals surface area (Å²) in [6.45, 7) is 4.56. The maximum absolute atomic E-state index is 12.1. The molecule has 0 aromatic rings. The maximum Gasteiger partial charge on any atom is 0.306 e. The first-order valence-electron chi connectivity index (χ1n) is 15.0. The summed E-state index contributed by atoms with van der Waals surface area (Å²) in [5.74, 6) is -0.809. The number of rotatable bonds is 25. The summed E-state index contributed by atoms with van der Waals surface area (Å²) in [7, 11) is 6.23. The Morgan fingerprint density at radius 3 is 1.38 bits per heavy atom. The number of ether oxygens (including phenoxy) is 2. The van der Waals surface area contributed by atoms with Gasteiger partial charge in [-0.25, -0.2) is 0 Å². The Balaban J connectivity index is 3.76. The molecule has 1 amide bonds. The molecule has 7 nitrogen and oxygen atoms in total. The molecule has 0 aromatic heterocycles. The number of nitrogens with zero attached hydrogens (tertiary/aromatic N) is 1. The molecule has 0 aliphatic rings. The lowest BCUT2D eigenvalue weighted by atomic mass is 10.0. The molecule has 0 radical (unpaired) electrons. The molecule has 0 aliphatic heterocycles. The molecule has 37 heavy (non-hydrogen) atoms. The van der Waals surface area contributed by atoms with Crippen LogP contribution in [0.5, 0.6) is 0 Å². The summed E-state index contributed by atoms with van der Waals surface area (Å²) in [5.41, 5.74) is 0. The van der Waals surface area contributed by atoms with Crippen LogP contribution in [0.3, 0.4) is 0 Å². The van der Waals surface area contributed by atoms with Gasteiger partial charge in [-0.1, -0.05) is 96.8 Å². The Morgan fingerprint density at radius 2 is 1.00 bits per heavy atom. The summed E-state index contributed by atoms with van der Waals surface area (Å²) >= 11 is 0. The summed E-state index contributed by atoms with van der Waals surface area (Å²) in [6.07, 6.45) is 20.7. The molecule has 0 aliphatic carbocycles. The van der Waals surface area contributed by atoms with Crippen LogP contribution < -0.4 is 5.32 Å². The highest BCUT2D eigenvalue weighted by atomic mass is 16.5. The van der Waals surface area contributed by atoms with Crippen LogP contribution in [0, 0.1) is 0 Å². The predicted octanol–water partition coefficient (Wildman–Crippen LogP) is 6.33. The van der Waals surface area contributed by atoms with E-state index in [4.69, 9.17) is 9.47 Å². The molecule has 0 spiro atoms. The summed E-state index contributed by atoms with van der Waals surface area (Å²) in [4.78, 5) is 35.5. The van der Waals surface area contributed by atoms with Crippen LogP contribution in [0.15, 0.2) is 0 Å². The van der Waals surface area contributed by atoms with Crippen molar-refractivity contribution in [2.45, 2.75) is 135 Å². The molecular formula is C30H59N2O5+. The van der Waals surface area contributed by atoms with Crippen LogP contribution in [0.2, 0.25) is 0 Å². The van der Waals surface area contributed by atoms with E-state index in [-0.39, 0.29) is 31.1 Å². The lowest BCUT2D eigenvalue weighted by Crippen LogP contribution is -2.41. The lowest BCUT2D eigenvalue weighted by Gasteiger charge is -2.23. The molecule has 0 saturated carbocycles. The lowest BCUT2D eigenvalue weighted by molar-refractivity contribution is -0.870. The molecule has 0 heterocycles. The molecule has 7 heteroatoms. The highest BCUT2D eigenvalue weighted by Gasteiger charge is 2.16. The molecule has 218 valence electrons. The molecule has 1 N–H and O–H groups in total. The Bertz CT molecular complexity index is 589. The summed E-state index contributed by atoms with van der Waals surface area (Å²) < 4.78 is 11.4. The standard InChI is InChI=1S/C30H58N2O5/c1-6-7-8-9-10-11-12-13-14-15-16-17-18-19-20-22-29(34)36-25-28(31-27(2)33)26-37-30(35)23-21-24-32(3,4)5/h28H,6-26H2,1-5H3/p+1. The quantitative estimate of drug-likeness (QED) is 0.0853. The fraction of sp³-hybridized carbons (Fsp3) is 0.900. The predicted molar refractivity (Wildman–Crippen MR) is 151 cm³/mol. The van der Waals surface area contributed by atoms with Gasteiger partial charge in [-0.15, -0.1) is 0 Å². The number of hydrogen-bond donors (Lipinski definition) is 1. The second-order valence-corrected chi connectivity index (χ2v) is 11.6. The van der Waals surface area contributed by atoms with Gasteiger partial charge in [0.25, 0.3) is 0 Å². The van der Waals surface area contributed by atoms with Gasteiger partial charge in [-0.05, 0) is 6.42 Å². The highest BCUT2D eigenvalue weighted by molar-refractivity contribution is 5.73. The van der Waals surface area contributed by atoms with Crippen molar-refractivity contribution in [3.05, 3.63) is 0 Å². The minimum atomic E-state index is -0.523. The van der Waals surface area contributed by atoms with E-state index in [0.717, 1.165) is 36.7 Å². The van der Waals surface area contributed by atoms with E-state index in [1.165, 1.54) is 84.0 Å². The number of carbonyl (C=O) groups is 3. The van der Waals surface area contributed by atoms with Gasteiger partial charge < -0.3 is 19.3 Å². The van der Waals surface area contributed by atoms with E-state index >= 15 is 0 Å². The van der Waals surface area contributed by atoms with Crippen molar-refractivity contribution in [2.75, 3.05) is 40.9 Å². The topological polar surface area (TPSA) is 81.7 Å². The number of esters is 2. The summed E-state index contributed by atoms with van der Waals surface area (Å²) in [5, 5.41) is 2.70. The van der Waals surface area contributed by atoms with Crippen molar-refractivity contribution in [3.8, 4) is 0 Å². The number of quaternary nitrogens is 1. The largest absolute Gasteiger partial charge is 0.463 e. The van der Waals surface area contributed by atoms with Crippen molar-refractivity contribution < 1.29 is 28.3 Å². The van der Waals surface area contributed by atoms with E-state index < -0.39 is 6.04 Å². The van der Waals surface area contributed by atoms with Crippen molar-refractivity contribution in [1.82, 2.24) is 5.32 Å². The van der Waals surface area contributed by atoms with Gasteiger partial charge in [0.15, 0.2) is 0 Å². The van der Waals surface area contributed by atoms with Crippen molar-refractivity contribution in [2.24, 2.45) is 0 Å². The van der Waals surface area contributed by atoms with E-state index in [1.54, 1.807) is 0 Å². The van der Waals surface area contributed by atoms with Gasteiger partial charge in [0.2, 0.25) is 5.91 Å². The van der Waals surface area contributed by atoms with Crippen molar-refractivity contribution in [3.63, 3.8) is 0 Å². The van der Waals surface area contributed by atoms with Gasteiger partial charge in [0, 0.05) is 19.8 Å². The number of carbonyl (C=O) groups excluding carboxylic acids is 3. The first-order valence-corrected chi connectivity index (χ1v) is 15.0. The van der Waals surface area contributed by atoms with E-state index in [9.17, 15) is 14.4 Å². The minimum absolute atomic E-state index is 0.00896. The third-order valence-electron chi connectivity index (χ3n) is 6.49. The molecule has 0 bridgehead atoms. The molecule has 0 aromatic carbocycles. The number of amides is 1. The van der Waals surface area contributed by atoms with Gasteiger partial charge >= 0.3 is 11.9 Å². The SMILES string of the molecule is CCCCCCCCCCCCCCCCCC(=O)OCC(COC(=O)CCC[N+](C)(C)C)NC(C)=O. The van der Waals surface area contributed by atoms with E-state index in [1.807, 2.05) is 0 Å². The van der Waals surface area contributed by atoms with Crippen molar-refractivity contribution >= 4 is 17.8 Å². The first kappa shape index (κ1) is 35.4. The van der Waals surface area contributed by atoms with Crippen LogP contribution >= 0.6 is 0 Å². The van der Waals surface area contributed by atoms with Crippen LogP contribution in [0.25, 0.3) is 0 Å². The zero-order chi connectivity index (χ0) is 27.8. The van der Waals surface area contributed by atoms with Gasteiger partial charge in [0.05, 0.1) is 40.2 Å². The average molecular weight is 528 g/mol. The summed E-state index contributed by atoms with van der Waals surface area (Å²) in [6, 6.07) is -0.523. The maximum atomic E-state index is 12.1. The fourth-order valence-electron chi connectivity index (χ4n) is 4.29. The molecule has 0 fully saturated rings. The minimum Gasteiger partial charge on any atom is -0.463 e. The van der Waals surface area contributed by atoms with E-state index in [0.29, 0.717) is 12.8 Å². The molecule has 0 saturated heterocycles. The van der Waals surface area contributed by atoms with Crippen molar-refractivity contribution in [1.29, 1.82) is 0 Å². The number of nitrogens with one attached hydrogen (secondary N) is 1. The van der Waals surface area contributed by atoms with Crippen LogP contribution in [0.1, 0.15) is 129 Å². The van der Waals surface area contributed by atoms with Gasteiger partial charge in [0.1, 0.15) is 13.2 Å². The Labute approximate surface area is 228 Å². The third-order valence-corrected chi connectivity index (χ3v) is 6.49. The first-order chi connectivity index (χ1) is 17.6. The molecule has 1 atom stereocenters. The molecule has 0 rings (SSSR count). The number of unbranched alkanes of at least 4 members (excludes halogenated alkanes) is 14. The Kier molecular flexibility index (Phi) is 22.4. The average Bonchev–Trinajstić information content (AvgIpc) is 2.82. The van der Waals surface area contributed by atoms with Gasteiger partial charge in [-0.2, -0.15) is 0 Å². The highest BCUT2D eigenvalue weighted by Crippen LogP contribution is 2.14. The monoisotopic (exact) mass is 527 g/mol. The Hall–Kier alpha value is -1.63. The third kappa shape index (κ3) is 27.2. The van der Waals surface area contributed by atoms with Gasteiger partial charge in [-0.3, -0.25) is 14.4 Å². The Morgan fingerprint density at radius 1 is 0.622 bits per heavy atom. The van der Waals surface area contributed by atoms with E-state index in [2.05, 4.69) is 33.4 Å². The smallest absolute Gasteiger partial charge is 0.306 e. The van der Waals surface area contributed by atoms with Crippen LogP contribution in [-0.4, -0.2) is 69.3 Å². The zero-order valence-corrected chi connectivity index (χ0v) is 24.9. The molecular weight excluding hydrogens is 468 g/mol. The van der Waals surface area contributed by atoms with Crippen LogP contribution in [0.4, 0.5) is 0 Å².